The predicted octanol–water partition coefficient (Wildman–Crippen LogP) is 0.737. The number of anilines is 1. The van der Waals surface area contributed by atoms with Gasteiger partial charge in [0.15, 0.2) is 0 Å². The van der Waals surface area contributed by atoms with Crippen LogP contribution in [0.2, 0.25) is 0 Å². The molecule has 7 heteroatoms. The van der Waals surface area contributed by atoms with Gasteiger partial charge in [-0.1, -0.05) is 0 Å². The fourth-order valence-electron chi connectivity index (χ4n) is 2.10. The third-order valence-electron chi connectivity index (χ3n) is 3.11. The third-order valence-corrected chi connectivity index (χ3v) is 3.11. The number of hydrogen-bond acceptors (Lipinski definition) is 4. The smallest absolute Gasteiger partial charge is 0.246 e. The van der Waals surface area contributed by atoms with Crippen molar-refractivity contribution >= 4 is 11.6 Å². The molecule has 3 rings (SSSR count). The molecule has 0 aliphatic carbocycles. The summed E-state index contributed by atoms with van der Waals surface area (Å²) in [4.78, 5) is 11.8. The Labute approximate surface area is 108 Å². The molecular weight excluding hydrogens is 249 g/mol. The molecule has 0 bridgehead atoms. The van der Waals surface area contributed by atoms with E-state index in [9.17, 15) is 9.18 Å². The van der Waals surface area contributed by atoms with Gasteiger partial charge >= 0.3 is 0 Å². The molecule has 1 unspecified atom stereocenters. The Kier molecular flexibility index (Phi) is 2.75. The molecule has 0 spiro atoms. The Bertz CT molecular complexity index is 639. The van der Waals surface area contributed by atoms with Crippen LogP contribution in [0.4, 0.5) is 10.1 Å². The quantitative estimate of drug-likeness (QED) is 0.854. The Morgan fingerprint density at radius 3 is 3.11 bits per heavy atom. The minimum absolute atomic E-state index is 0.192. The summed E-state index contributed by atoms with van der Waals surface area (Å²) < 4.78 is 15.0. The van der Waals surface area contributed by atoms with E-state index < -0.39 is 6.04 Å². The summed E-state index contributed by atoms with van der Waals surface area (Å²) in [6.45, 7) is 0.380. The van der Waals surface area contributed by atoms with Gasteiger partial charge in [0.1, 0.15) is 24.0 Å². The van der Waals surface area contributed by atoms with Gasteiger partial charge in [0.05, 0.1) is 6.54 Å². The van der Waals surface area contributed by atoms with Gasteiger partial charge in [0, 0.05) is 18.3 Å². The summed E-state index contributed by atoms with van der Waals surface area (Å²) in [6.07, 6.45) is 1.58. The summed E-state index contributed by atoms with van der Waals surface area (Å²) >= 11 is 0. The number of nitrogens with one attached hydrogen (secondary N) is 2. The number of carbonyl (C=O) groups excluding carboxylic acids is 1. The van der Waals surface area contributed by atoms with Crippen molar-refractivity contribution in [1.29, 1.82) is 0 Å². The molecule has 1 aromatic carbocycles. The molecule has 1 atom stereocenters. The first-order valence-electron chi connectivity index (χ1n) is 5.82. The van der Waals surface area contributed by atoms with Gasteiger partial charge in [-0.05, 0) is 18.2 Å². The van der Waals surface area contributed by atoms with Gasteiger partial charge < -0.3 is 9.88 Å². The topological polar surface area (TPSA) is 71.8 Å². The molecule has 0 saturated carbocycles. The maximum Gasteiger partial charge on any atom is 0.246 e. The Morgan fingerprint density at radius 2 is 2.37 bits per heavy atom. The van der Waals surface area contributed by atoms with Gasteiger partial charge in [-0.2, -0.15) is 0 Å². The highest BCUT2D eigenvalue weighted by molar-refractivity contribution is 6.02. The molecule has 1 aliphatic heterocycles. The second kappa shape index (κ2) is 4.43. The van der Waals surface area contributed by atoms with Crippen molar-refractivity contribution in [2.45, 2.75) is 12.6 Å². The van der Waals surface area contributed by atoms with E-state index in [0.717, 1.165) is 0 Å². The van der Waals surface area contributed by atoms with Gasteiger partial charge in [0.2, 0.25) is 5.91 Å². The van der Waals surface area contributed by atoms with E-state index >= 15 is 0 Å². The SMILES string of the molecule is Cn1cnnc1CNC1C(=O)Nc2ccc(F)cc21. The molecule has 0 radical (unpaired) electrons. The maximum absolute atomic E-state index is 13.2. The minimum atomic E-state index is -0.567. The Hall–Kier alpha value is -2.28. The van der Waals surface area contributed by atoms with E-state index in [0.29, 0.717) is 23.6 Å². The average molecular weight is 261 g/mol. The lowest BCUT2D eigenvalue weighted by molar-refractivity contribution is -0.117. The average Bonchev–Trinajstić information content (AvgIpc) is 2.90. The van der Waals surface area contributed by atoms with Crippen molar-refractivity contribution in [3.05, 3.63) is 41.7 Å². The zero-order chi connectivity index (χ0) is 13.4. The highest BCUT2D eigenvalue weighted by atomic mass is 19.1. The number of amides is 1. The molecule has 2 N–H and O–H groups in total. The van der Waals surface area contributed by atoms with Crippen LogP contribution in [-0.4, -0.2) is 20.7 Å². The third kappa shape index (κ3) is 2.08. The van der Waals surface area contributed by atoms with Crippen LogP contribution in [0, 0.1) is 5.82 Å². The molecule has 2 aromatic rings. The van der Waals surface area contributed by atoms with E-state index in [-0.39, 0.29) is 11.7 Å². The molecule has 19 heavy (non-hydrogen) atoms. The van der Waals surface area contributed by atoms with Crippen molar-refractivity contribution < 1.29 is 9.18 Å². The van der Waals surface area contributed by atoms with Crippen molar-refractivity contribution in [2.24, 2.45) is 7.05 Å². The Balaban J connectivity index is 1.81. The van der Waals surface area contributed by atoms with Crippen LogP contribution >= 0.6 is 0 Å². The van der Waals surface area contributed by atoms with Crippen molar-refractivity contribution in [2.75, 3.05) is 5.32 Å². The van der Waals surface area contributed by atoms with Crippen LogP contribution in [0.1, 0.15) is 17.4 Å². The molecule has 0 saturated heterocycles. The van der Waals surface area contributed by atoms with E-state index in [1.165, 1.54) is 12.1 Å². The fraction of sp³-hybridized carbons (Fsp3) is 0.250. The number of fused-ring (bicyclic) bond motifs is 1. The van der Waals surface area contributed by atoms with Gasteiger partial charge in [-0.15, -0.1) is 10.2 Å². The van der Waals surface area contributed by atoms with Crippen molar-refractivity contribution in [3.63, 3.8) is 0 Å². The Morgan fingerprint density at radius 1 is 1.53 bits per heavy atom. The molecule has 6 nitrogen and oxygen atoms in total. The zero-order valence-corrected chi connectivity index (χ0v) is 10.2. The monoisotopic (exact) mass is 261 g/mol. The number of benzene rings is 1. The number of aromatic nitrogens is 3. The van der Waals surface area contributed by atoms with Crippen LogP contribution in [0.25, 0.3) is 0 Å². The van der Waals surface area contributed by atoms with E-state index in [1.54, 1.807) is 17.0 Å². The summed E-state index contributed by atoms with van der Waals surface area (Å²) in [5, 5.41) is 13.4. The van der Waals surface area contributed by atoms with Gasteiger partial charge in [-0.3, -0.25) is 10.1 Å². The normalized spacial score (nSPS) is 17.4. The molecule has 1 aliphatic rings. The standard InChI is InChI=1S/C12H12FN5O/c1-18-6-15-17-10(18)5-14-11-8-4-7(13)2-3-9(8)16-12(11)19/h2-4,6,11,14H,5H2,1H3,(H,16,19). The summed E-state index contributed by atoms with van der Waals surface area (Å²) in [6, 6.07) is 3.68. The first-order chi connectivity index (χ1) is 9.15. The lowest BCUT2D eigenvalue weighted by Crippen LogP contribution is -2.28. The summed E-state index contributed by atoms with van der Waals surface area (Å²) in [5.41, 5.74) is 1.26. The number of rotatable bonds is 3. The van der Waals surface area contributed by atoms with E-state index in [4.69, 9.17) is 0 Å². The number of carbonyl (C=O) groups is 1. The molecular formula is C12H12FN5O. The van der Waals surface area contributed by atoms with Crippen molar-refractivity contribution in [3.8, 4) is 0 Å². The second-order valence-corrected chi connectivity index (χ2v) is 4.39. The minimum Gasteiger partial charge on any atom is -0.324 e. The van der Waals surface area contributed by atoms with Crippen LogP contribution < -0.4 is 10.6 Å². The van der Waals surface area contributed by atoms with Gasteiger partial charge in [-0.25, -0.2) is 4.39 Å². The predicted molar refractivity (Wildman–Crippen MR) is 65.6 cm³/mol. The summed E-state index contributed by atoms with van der Waals surface area (Å²) in [5.74, 6) is 0.154. The highest BCUT2D eigenvalue weighted by Crippen LogP contribution is 2.31. The van der Waals surface area contributed by atoms with Crippen molar-refractivity contribution in [1.82, 2.24) is 20.1 Å². The lowest BCUT2D eigenvalue weighted by atomic mass is 10.1. The fourth-order valence-corrected chi connectivity index (χ4v) is 2.10. The molecule has 2 heterocycles. The first kappa shape index (κ1) is 11.8. The van der Waals surface area contributed by atoms with Gasteiger partial charge in [0.25, 0.3) is 0 Å². The largest absolute Gasteiger partial charge is 0.324 e. The maximum atomic E-state index is 13.2. The first-order valence-corrected chi connectivity index (χ1v) is 5.82. The van der Waals surface area contributed by atoms with Crippen LogP contribution in [0.5, 0.6) is 0 Å². The van der Waals surface area contributed by atoms with Crippen LogP contribution in [0.15, 0.2) is 24.5 Å². The summed E-state index contributed by atoms with van der Waals surface area (Å²) in [7, 11) is 1.82. The molecule has 0 fully saturated rings. The number of halogens is 1. The van der Waals surface area contributed by atoms with Crippen LogP contribution in [-0.2, 0) is 18.4 Å². The molecule has 1 amide bonds. The highest BCUT2D eigenvalue weighted by Gasteiger charge is 2.30. The van der Waals surface area contributed by atoms with E-state index in [2.05, 4.69) is 20.8 Å². The molecule has 98 valence electrons. The zero-order valence-electron chi connectivity index (χ0n) is 10.2. The molecule has 1 aromatic heterocycles. The lowest BCUT2D eigenvalue weighted by Gasteiger charge is -2.10. The second-order valence-electron chi connectivity index (χ2n) is 4.39. The number of hydrogen-bond donors (Lipinski definition) is 2. The van der Waals surface area contributed by atoms with Crippen LogP contribution in [0.3, 0.4) is 0 Å². The number of nitrogens with zero attached hydrogens (tertiary/aromatic N) is 3. The number of aryl methyl sites for hydroxylation is 1. The van der Waals surface area contributed by atoms with E-state index in [1.807, 2.05) is 7.05 Å².